The molecular formula is C19H14ClNO3. The highest BCUT2D eigenvalue weighted by atomic mass is 35.5. The molecule has 0 bridgehead atoms. The Morgan fingerprint density at radius 3 is 2.67 bits per heavy atom. The number of amides is 1. The van der Waals surface area contributed by atoms with E-state index in [0.717, 1.165) is 16.7 Å². The molecule has 0 radical (unpaired) electrons. The predicted octanol–water partition coefficient (Wildman–Crippen LogP) is 3.90. The Balaban J connectivity index is 2.03. The number of aryl methyl sites for hydroxylation is 2. The van der Waals surface area contributed by atoms with Gasteiger partial charge in [-0.1, -0.05) is 29.8 Å². The number of benzene rings is 2. The minimum atomic E-state index is -0.548. The van der Waals surface area contributed by atoms with Crippen LogP contribution in [0.2, 0.25) is 5.02 Å². The van der Waals surface area contributed by atoms with Gasteiger partial charge < -0.3 is 9.73 Å². The maximum Gasteiger partial charge on any atom is 0.288 e. The van der Waals surface area contributed by atoms with Crippen LogP contribution in [0.1, 0.15) is 38.9 Å². The molecule has 1 amide bonds. The minimum Gasteiger partial charge on any atom is -0.450 e. The van der Waals surface area contributed by atoms with E-state index in [9.17, 15) is 9.59 Å². The lowest BCUT2D eigenvalue weighted by atomic mass is 9.98. The molecule has 2 heterocycles. The van der Waals surface area contributed by atoms with Gasteiger partial charge in [0.05, 0.1) is 17.0 Å². The smallest absolute Gasteiger partial charge is 0.288 e. The van der Waals surface area contributed by atoms with Crippen LogP contribution >= 0.6 is 11.6 Å². The fraction of sp³-hybridized carbons (Fsp3) is 0.158. The zero-order chi connectivity index (χ0) is 17.0. The molecule has 0 spiro atoms. The Kier molecular flexibility index (Phi) is 3.25. The third-order valence-electron chi connectivity index (χ3n) is 4.57. The maximum atomic E-state index is 13.0. The molecule has 0 saturated heterocycles. The highest BCUT2D eigenvalue weighted by molar-refractivity contribution is 6.30. The van der Waals surface area contributed by atoms with Gasteiger partial charge in [0.15, 0.2) is 5.43 Å². The fourth-order valence-electron chi connectivity index (χ4n) is 3.14. The Morgan fingerprint density at radius 2 is 1.92 bits per heavy atom. The van der Waals surface area contributed by atoms with E-state index in [1.807, 2.05) is 26.0 Å². The van der Waals surface area contributed by atoms with Crippen molar-refractivity contribution in [2.24, 2.45) is 0 Å². The van der Waals surface area contributed by atoms with Gasteiger partial charge in [-0.15, -0.1) is 0 Å². The summed E-state index contributed by atoms with van der Waals surface area (Å²) in [5.41, 5.74) is 3.27. The largest absolute Gasteiger partial charge is 0.450 e. The van der Waals surface area contributed by atoms with Gasteiger partial charge >= 0.3 is 0 Å². The summed E-state index contributed by atoms with van der Waals surface area (Å²) in [4.78, 5) is 25.4. The normalized spacial score (nSPS) is 16.3. The Labute approximate surface area is 143 Å². The van der Waals surface area contributed by atoms with Gasteiger partial charge in [-0.3, -0.25) is 9.59 Å². The van der Waals surface area contributed by atoms with Crippen LogP contribution in [0, 0.1) is 13.8 Å². The summed E-state index contributed by atoms with van der Waals surface area (Å²) in [6.07, 6.45) is 0. The number of hydrogen-bond donors (Lipinski definition) is 1. The Bertz CT molecular complexity index is 1070. The van der Waals surface area contributed by atoms with Crippen molar-refractivity contribution in [2.75, 3.05) is 0 Å². The van der Waals surface area contributed by atoms with Crippen LogP contribution in [-0.4, -0.2) is 5.91 Å². The average molecular weight is 340 g/mol. The zero-order valence-electron chi connectivity index (χ0n) is 13.1. The van der Waals surface area contributed by atoms with Crippen LogP contribution in [0.25, 0.3) is 11.0 Å². The second-order valence-corrected chi connectivity index (χ2v) is 6.46. The van der Waals surface area contributed by atoms with E-state index in [1.54, 1.807) is 24.3 Å². The van der Waals surface area contributed by atoms with Crippen LogP contribution in [0.5, 0.6) is 0 Å². The molecule has 5 heteroatoms. The second-order valence-electron chi connectivity index (χ2n) is 6.02. The van der Waals surface area contributed by atoms with Crippen molar-refractivity contribution in [3.05, 3.63) is 79.7 Å². The monoisotopic (exact) mass is 339 g/mol. The van der Waals surface area contributed by atoms with Crippen LogP contribution in [0.4, 0.5) is 0 Å². The number of fused-ring (bicyclic) bond motifs is 2. The van der Waals surface area contributed by atoms with Crippen molar-refractivity contribution in [2.45, 2.75) is 19.9 Å². The number of halogens is 1. The molecule has 0 saturated carbocycles. The first-order valence-electron chi connectivity index (χ1n) is 7.60. The van der Waals surface area contributed by atoms with Gasteiger partial charge in [0.2, 0.25) is 5.76 Å². The Hall–Kier alpha value is -2.59. The first-order valence-corrected chi connectivity index (χ1v) is 7.98. The van der Waals surface area contributed by atoms with Crippen molar-refractivity contribution in [1.82, 2.24) is 5.32 Å². The molecule has 0 fully saturated rings. The summed E-state index contributed by atoms with van der Waals surface area (Å²) in [6, 6.07) is 10.2. The summed E-state index contributed by atoms with van der Waals surface area (Å²) < 4.78 is 5.85. The van der Waals surface area contributed by atoms with Crippen LogP contribution in [0.15, 0.2) is 45.6 Å². The van der Waals surface area contributed by atoms with Crippen LogP contribution < -0.4 is 10.7 Å². The summed E-state index contributed by atoms with van der Waals surface area (Å²) >= 11 is 6.05. The first-order chi connectivity index (χ1) is 11.5. The van der Waals surface area contributed by atoms with Crippen molar-refractivity contribution in [1.29, 1.82) is 0 Å². The topological polar surface area (TPSA) is 59.3 Å². The van der Waals surface area contributed by atoms with E-state index < -0.39 is 6.04 Å². The number of rotatable bonds is 1. The van der Waals surface area contributed by atoms with Crippen molar-refractivity contribution in [3.63, 3.8) is 0 Å². The number of nitrogens with one attached hydrogen (secondary N) is 1. The molecule has 1 N–H and O–H groups in total. The minimum absolute atomic E-state index is 0.0891. The lowest BCUT2D eigenvalue weighted by molar-refractivity contribution is 0.0938. The van der Waals surface area contributed by atoms with Gasteiger partial charge in [0, 0.05) is 5.02 Å². The van der Waals surface area contributed by atoms with E-state index >= 15 is 0 Å². The van der Waals surface area contributed by atoms with E-state index in [4.69, 9.17) is 16.0 Å². The molecule has 1 aliphatic rings. The van der Waals surface area contributed by atoms with Gasteiger partial charge in [0.1, 0.15) is 5.58 Å². The zero-order valence-corrected chi connectivity index (χ0v) is 13.9. The quantitative estimate of drug-likeness (QED) is 0.731. The van der Waals surface area contributed by atoms with Crippen molar-refractivity contribution >= 4 is 28.5 Å². The number of hydrogen-bond acceptors (Lipinski definition) is 3. The molecule has 3 aromatic rings. The molecule has 1 atom stereocenters. The SMILES string of the molecule is Cc1ccc2c(=O)c3c(oc2c1C)C(=O)NC3c1cccc(Cl)c1. The van der Waals surface area contributed by atoms with Crippen molar-refractivity contribution in [3.8, 4) is 0 Å². The van der Waals surface area contributed by atoms with Crippen molar-refractivity contribution < 1.29 is 9.21 Å². The van der Waals surface area contributed by atoms with Gasteiger partial charge in [-0.05, 0) is 48.7 Å². The molecule has 0 aliphatic carbocycles. The molecule has 120 valence electrons. The first kappa shape index (κ1) is 15.0. The van der Waals surface area contributed by atoms with E-state index in [1.165, 1.54) is 0 Å². The third kappa shape index (κ3) is 2.07. The average Bonchev–Trinajstić information content (AvgIpc) is 2.89. The Morgan fingerprint density at radius 1 is 1.12 bits per heavy atom. The summed E-state index contributed by atoms with van der Waals surface area (Å²) in [5.74, 6) is -0.291. The number of carbonyl (C=O) groups is 1. The lowest BCUT2D eigenvalue weighted by Gasteiger charge is -2.12. The maximum absolute atomic E-state index is 13.0. The van der Waals surface area contributed by atoms with Crippen LogP contribution in [0.3, 0.4) is 0 Å². The highest BCUT2D eigenvalue weighted by Crippen LogP contribution is 2.32. The van der Waals surface area contributed by atoms with Crippen LogP contribution in [-0.2, 0) is 0 Å². The molecule has 4 nitrogen and oxygen atoms in total. The second kappa shape index (κ2) is 5.21. The standard InChI is InChI=1S/C19H14ClNO3/c1-9-6-7-13-16(22)14-15(11-4-3-5-12(20)8-11)21-19(23)18(14)24-17(13)10(9)2/h3-8,15H,1-2H3,(H,21,23). The van der Waals surface area contributed by atoms with E-state index in [2.05, 4.69) is 5.32 Å². The van der Waals surface area contributed by atoms with E-state index in [-0.39, 0.29) is 17.1 Å². The van der Waals surface area contributed by atoms with Gasteiger partial charge in [-0.25, -0.2) is 0 Å². The molecule has 24 heavy (non-hydrogen) atoms. The third-order valence-corrected chi connectivity index (χ3v) is 4.80. The highest BCUT2D eigenvalue weighted by Gasteiger charge is 2.36. The summed E-state index contributed by atoms with van der Waals surface area (Å²) in [5, 5.41) is 3.86. The number of carbonyl (C=O) groups excluding carboxylic acids is 1. The fourth-order valence-corrected chi connectivity index (χ4v) is 3.34. The van der Waals surface area contributed by atoms with Gasteiger partial charge in [0.25, 0.3) is 5.91 Å². The molecule has 1 aromatic heterocycles. The molecule has 1 unspecified atom stereocenters. The summed E-state index contributed by atoms with van der Waals surface area (Å²) in [7, 11) is 0. The summed E-state index contributed by atoms with van der Waals surface area (Å²) in [6.45, 7) is 3.82. The molecule has 2 aromatic carbocycles. The molecule has 4 rings (SSSR count). The molecular weight excluding hydrogens is 326 g/mol. The van der Waals surface area contributed by atoms with Gasteiger partial charge in [-0.2, -0.15) is 0 Å². The van der Waals surface area contributed by atoms with E-state index in [0.29, 0.717) is 21.6 Å². The lowest BCUT2D eigenvalue weighted by Crippen LogP contribution is -2.21. The predicted molar refractivity (Wildman–Crippen MR) is 92.7 cm³/mol. The molecule has 1 aliphatic heterocycles.